The van der Waals surface area contributed by atoms with Crippen LogP contribution in [0.25, 0.3) is 10.9 Å². The number of rotatable bonds is 3. The highest BCUT2D eigenvalue weighted by atomic mass is 19.1. The summed E-state index contributed by atoms with van der Waals surface area (Å²) in [7, 11) is 0. The van der Waals surface area contributed by atoms with Gasteiger partial charge in [-0.15, -0.1) is 0 Å². The van der Waals surface area contributed by atoms with E-state index in [-0.39, 0.29) is 24.2 Å². The van der Waals surface area contributed by atoms with Crippen LogP contribution in [0.2, 0.25) is 0 Å². The third-order valence-corrected chi connectivity index (χ3v) is 4.25. The molecule has 120 valence electrons. The Morgan fingerprint density at radius 2 is 2.17 bits per heavy atom. The number of likely N-dealkylation sites (tertiary alicyclic amines) is 1. The molecule has 1 saturated heterocycles. The van der Waals surface area contributed by atoms with Gasteiger partial charge in [0.05, 0.1) is 23.2 Å². The number of carbonyl (C=O) groups excluding carboxylic acids is 1. The highest BCUT2D eigenvalue weighted by Crippen LogP contribution is 2.25. The van der Waals surface area contributed by atoms with Crippen LogP contribution < -0.4 is 0 Å². The third kappa shape index (κ3) is 3.02. The van der Waals surface area contributed by atoms with Gasteiger partial charge in [-0.05, 0) is 38.0 Å². The summed E-state index contributed by atoms with van der Waals surface area (Å²) < 4.78 is 13.3. The Kier molecular flexibility index (Phi) is 3.98. The topological polar surface area (TPSA) is 70.5 Å². The van der Waals surface area contributed by atoms with Crippen molar-refractivity contribution in [3.63, 3.8) is 0 Å². The number of fused-ring (bicyclic) bond motifs is 1. The predicted molar refractivity (Wildman–Crippen MR) is 82.7 cm³/mol. The quantitative estimate of drug-likeness (QED) is 0.945. The fourth-order valence-corrected chi connectivity index (χ4v) is 3.12. The zero-order valence-electron chi connectivity index (χ0n) is 12.8. The lowest BCUT2D eigenvalue weighted by Crippen LogP contribution is -2.37. The molecule has 1 aliphatic rings. The van der Waals surface area contributed by atoms with Crippen LogP contribution in [0.15, 0.2) is 24.3 Å². The van der Waals surface area contributed by atoms with E-state index in [0.29, 0.717) is 35.1 Å². The van der Waals surface area contributed by atoms with Gasteiger partial charge in [0.2, 0.25) is 0 Å². The van der Waals surface area contributed by atoms with Gasteiger partial charge >= 0.3 is 5.97 Å². The van der Waals surface area contributed by atoms with Gasteiger partial charge in [-0.25, -0.2) is 4.39 Å². The van der Waals surface area contributed by atoms with Gasteiger partial charge in [-0.1, -0.05) is 0 Å². The third-order valence-electron chi connectivity index (χ3n) is 4.25. The van der Waals surface area contributed by atoms with Gasteiger partial charge in [0.15, 0.2) is 0 Å². The van der Waals surface area contributed by atoms with E-state index in [4.69, 9.17) is 5.11 Å². The predicted octanol–water partition coefficient (Wildman–Crippen LogP) is 2.76. The number of hydrogen-bond acceptors (Lipinski definition) is 3. The number of halogens is 1. The van der Waals surface area contributed by atoms with Gasteiger partial charge in [0, 0.05) is 24.0 Å². The van der Waals surface area contributed by atoms with Crippen LogP contribution in [-0.4, -0.2) is 39.5 Å². The number of amides is 1. The van der Waals surface area contributed by atoms with Gasteiger partial charge in [0.25, 0.3) is 5.91 Å². The van der Waals surface area contributed by atoms with Crippen molar-refractivity contribution in [2.24, 2.45) is 0 Å². The lowest BCUT2D eigenvalue weighted by atomic mass is 10.1. The maximum Gasteiger partial charge on any atom is 0.305 e. The summed E-state index contributed by atoms with van der Waals surface area (Å²) >= 11 is 0. The van der Waals surface area contributed by atoms with E-state index in [1.807, 2.05) is 0 Å². The van der Waals surface area contributed by atoms with E-state index >= 15 is 0 Å². The zero-order chi connectivity index (χ0) is 16.6. The Morgan fingerprint density at radius 3 is 2.91 bits per heavy atom. The summed E-state index contributed by atoms with van der Waals surface area (Å²) in [5.74, 6) is -1.48. The first-order valence-electron chi connectivity index (χ1n) is 7.55. The van der Waals surface area contributed by atoms with Gasteiger partial charge in [-0.3, -0.25) is 14.6 Å². The summed E-state index contributed by atoms with van der Waals surface area (Å²) in [4.78, 5) is 29.7. The van der Waals surface area contributed by atoms with Crippen LogP contribution in [0, 0.1) is 12.7 Å². The number of carboxylic acids is 1. The molecule has 1 N–H and O–H groups in total. The molecule has 3 rings (SSSR count). The van der Waals surface area contributed by atoms with Crippen molar-refractivity contribution in [2.45, 2.75) is 32.2 Å². The molecule has 0 bridgehead atoms. The molecule has 23 heavy (non-hydrogen) atoms. The number of aromatic nitrogens is 1. The minimum atomic E-state index is -0.904. The Bertz CT molecular complexity index is 791. The van der Waals surface area contributed by atoms with E-state index in [2.05, 4.69) is 4.98 Å². The molecule has 0 aliphatic carbocycles. The molecule has 0 spiro atoms. The summed E-state index contributed by atoms with van der Waals surface area (Å²) in [6.07, 6.45) is 1.45. The second-order valence-corrected chi connectivity index (χ2v) is 5.85. The molecule has 6 heteroatoms. The Labute approximate surface area is 132 Å². The molecule has 1 unspecified atom stereocenters. The lowest BCUT2D eigenvalue weighted by Gasteiger charge is -2.24. The minimum absolute atomic E-state index is 0.0446. The first kappa shape index (κ1) is 15.4. The SMILES string of the molecule is Cc1nc2cc(F)ccc2cc1C(=O)N1CCCC1CC(=O)O. The normalized spacial score (nSPS) is 17.7. The van der Waals surface area contributed by atoms with Gasteiger partial charge in [0.1, 0.15) is 5.82 Å². The molecule has 1 aromatic carbocycles. The number of aryl methyl sites for hydroxylation is 1. The van der Waals surface area contributed by atoms with Crippen molar-refractivity contribution in [1.29, 1.82) is 0 Å². The van der Waals surface area contributed by atoms with Crippen molar-refractivity contribution in [3.05, 3.63) is 41.3 Å². The molecule has 0 saturated carbocycles. The van der Waals surface area contributed by atoms with E-state index in [1.165, 1.54) is 12.1 Å². The van der Waals surface area contributed by atoms with Crippen LogP contribution in [-0.2, 0) is 4.79 Å². The molecule has 2 heterocycles. The average Bonchev–Trinajstić information content (AvgIpc) is 2.93. The number of nitrogens with zero attached hydrogens (tertiary/aromatic N) is 2. The molecule has 1 aliphatic heterocycles. The monoisotopic (exact) mass is 316 g/mol. The van der Waals surface area contributed by atoms with E-state index in [9.17, 15) is 14.0 Å². The first-order valence-corrected chi connectivity index (χ1v) is 7.55. The van der Waals surface area contributed by atoms with Crippen LogP contribution in [0.3, 0.4) is 0 Å². The van der Waals surface area contributed by atoms with Gasteiger partial charge < -0.3 is 10.0 Å². The zero-order valence-corrected chi connectivity index (χ0v) is 12.8. The highest BCUT2D eigenvalue weighted by molar-refractivity contribution is 5.99. The van der Waals surface area contributed by atoms with Crippen LogP contribution in [0.5, 0.6) is 0 Å². The minimum Gasteiger partial charge on any atom is -0.481 e. The Hall–Kier alpha value is -2.50. The van der Waals surface area contributed by atoms with E-state index in [0.717, 1.165) is 6.42 Å². The highest BCUT2D eigenvalue weighted by Gasteiger charge is 2.31. The molecular weight excluding hydrogens is 299 g/mol. The van der Waals surface area contributed by atoms with Crippen LogP contribution in [0.1, 0.15) is 35.3 Å². The first-order chi connectivity index (χ1) is 11.0. The maximum absolute atomic E-state index is 13.3. The fraction of sp³-hybridized carbons (Fsp3) is 0.353. The molecule has 1 amide bonds. The number of carbonyl (C=O) groups is 2. The Morgan fingerprint density at radius 1 is 1.39 bits per heavy atom. The molecule has 1 atom stereocenters. The van der Waals surface area contributed by atoms with Crippen molar-refractivity contribution >= 4 is 22.8 Å². The molecule has 1 aromatic heterocycles. The largest absolute Gasteiger partial charge is 0.481 e. The van der Waals surface area contributed by atoms with Crippen molar-refractivity contribution in [1.82, 2.24) is 9.88 Å². The average molecular weight is 316 g/mol. The van der Waals surface area contributed by atoms with Crippen LogP contribution >= 0.6 is 0 Å². The van der Waals surface area contributed by atoms with Crippen molar-refractivity contribution in [3.8, 4) is 0 Å². The molecular formula is C17H17FN2O3. The molecule has 5 nitrogen and oxygen atoms in total. The number of carboxylic acid groups (broad SMARTS) is 1. The second-order valence-electron chi connectivity index (χ2n) is 5.85. The summed E-state index contributed by atoms with van der Waals surface area (Å²) in [5.41, 5.74) is 1.47. The molecule has 1 fully saturated rings. The Balaban J connectivity index is 1.95. The summed E-state index contributed by atoms with van der Waals surface area (Å²) in [5, 5.41) is 9.67. The number of benzene rings is 1. The van der Waals surface area contributed by atoms with E-state index < -0.39 is 5.97 Å². The fourth-order valence-electron chi connectivity index (χ4n) is 3.12. The summed E-state index contributed by atoms with van der Waals surface area (Å²) in [6, 6.07) is 5.68. The molecule has 2 aromatic rings. The maximum atomic E-state index is 13.3. The number of hydrogen-bond donors (Lipinski definition) is 1. The second kappa shape index (κ2) is 5.95. The van der Waals surface area contributed by atoms with Crippen LogP contribution in [0.4, 0.5) is 4.39 Å². The lowest BCUT2D eigenvalue weighted by molar-refractivity contribution is -0.137. The number of pyridine rings is 1. The van der Waals surface area contributed by atoms with Crippen molar-refractivity contribution < 1.29 is 19.1 Å². The number of aliphatic carboxylic acids is 1. The van der Waals surface area contributed by atoms with Gasteiger partial charge in [-0.2, -0.15) is 0 Å². The van der Waals surface area contributed by atoms with E-state index in [1.54, 1.807) is 24.0 Å². The summed E-state index contributed by atoms with van der Waals surface area (Å²) in [6.45, 7) is 2.26. The smallest absolute Gasteiger partial charge is 0.305 e. The molecule has 0 radical (unpaired) electrons. The standard InChI is InChI=1S/C17H17FN2O3/c1-10-14(7-11-4-5-12(18)8-15(11)19-10)17(23)20-6-2-3-13(20)9-16(21)22/h4-5,7-8,13H,2-3,6,9H2,1H3,(H,21,22). The van der Waals surface area contributed by atoms with Crippen molar-refractivity contribution in [2.75, 3.05) is 6.54 Å².